The largest absolute Gasteiger partial charge is 0.493 e. The summed E-state index contributed by atoms with van der Waals surface area (Å²) in [6, 6.07) is 8.31. The van der Waals surface area contributed by atoms with Gasteiger partial charge in [0.25, 0.3) is 5.56 Å². The third-order valence-electron chi connectivity index (χ3n) is 4.00. The van der Waals surface area contributed by atoms with Crippen molar-refractivity contribution in [2.45, 2.75) is 6.54 Å². The van der Waals surface area contributed by atoms with Gasteiger partial charge in [-0.3, -0.25) is 19.1 Å². The van der Waals surface area contributed by atoms with Gasteiger partial charge in [-0.1, -0.05) is 23.7 Å². The number of thiazole rings is 1. The van der Waals surface area contributed by atoms with Crippen molar-refractivity contribution >= 4 is 40.9 Å². The first-order valence-corrected chi connectivity index (χ1v) is 8.91. The molecule has 0 amide bonds. The highest BCUT2D eigenvalue weighted by atomic mass is 35.5. The minimum absolute atomic E-state index is 0. The van der Waals surface area contributed by atoms with E-state index in [1.165, 1.54) is 38.8 Å². The Balaban J connectivity index is 0.00000210. The predicted octanol–water partition coefficient (Wildman–Crippen LogP) is 3.41. The summed E-state index contributed by atoms with van der Waals surface area (Å²) in [5, 5.41) is 10.9. The molecule has 0 fully saturated rings. The molecule has 138 valence electrons. The maximum atomic E-state index is 12.8. The number of fused-ring (bicyclic) bond motifs is 1. The minimum Gasteiger partial charge on any atom is -0.493 e. The van der Waals surface area contributed by atoms with Crippen LogP contribution in [0.5, 0.6) is 5.88 Å². The van der Waals surface area contributed by atoms with Crippen molar-refractivity contribution in [2.24, 2.45) is 0 Å². The summed E-state index contributed by atoms with van der Waals surface area (Å²) < 4.78 is 2.66. The van der Waals surface area contributed by atoms with Crippen LogP contribution in [0.1, 0.15) is 5.56 Å². The van der Waals surface area contributed by atoms with Crippen LogP contribution in [0, 0.1) is 0 Å². The zero-order chi connectivity index (χ0) is 18.3. The first-order chi connectivity index (χ1) is 12.5. The van der Waals surface area contributed by atoms with Crippen LogP contribution in [0.25, 0.3) is 16.0 Å². The molecule has 9 heteroatoms. The molecule has 27 heavy (non-hydrogen) atoms. The van der Waals surface area contributed by atoms with E-state index in [0.717, 1.165) is 5.56 Å². The Kier molecular flexibility index (Phi) is 5.36. The Hall–Kier alpha value is -2.61. The maximum absolute atomic E-state index is 12.8. The first-order valence-electron chi connectivity index (χ1n) is 7.65. The highest BCUT2D eigenvalue weighted by Gasteiger charge is 2.13. The average molecular weight is 422 g/mol. The lowest BCUT2D eigenvalue weighted by atomic mass is 10.2. The Morgan fingerprint density at radius 3 is 2.70 bits per heavy atom. The standard InChI is InChI=1S/C18H12ClN3O3S.ClH/c19-12-3-1-2-11(4-12)7-22-17(24)9-21-8-13(16-6-20-10-26-16)15(23)5-14(21)18(22)25;/h1-6,8-10,24H,7H2;1H. The van der Waals surface area contributed by atoms with E-state index in [4.69, 9.17) is 11.6 Å². The Morgan fingerprint density at radius 2 is 2.00 bits per heavy atom. The van der Waals surface area contributed by atoms with Crippen molar-refractivity contribution in [3.05, 3.63) is 85.6 Å². The van der Waals surface area contributed by atoms with Crippen LogP contribution in [-0.4, -0.2) is 19.1 Å². The van der Waals surface area contributed by atoms with Gasteiger partial charge < -0.3 is 9.51 Å². The van der Waals surface area contributed by atoms with Gasteiger partial charge in [0.05, 0.1) is 28.7 Å². The molecule has 6 nitrogen and oxygen atoms in total. The van der Waals surface area contributed by atoms with Gasteiger partial charge in [-0.15, -0.1) is 23.7 Å². The molecule has 0 unspecified atom stereocenters. The summed E-state index contributed by atoms with van der Waals surface area (Å²) in [5.74, 6) is -0.207. The molecule has 4 rings (SSSR count). The number of benzene rings is 1. The van der Waals surface area contributed by atoms with E-state index < -0.39 is 5.56 Å². The normalized spacial score (nSPS) is 10.7. The number of hydrogen-bond acceptors (Lipinski definition) is 5. The molecule has 3 heterocycles. The molecule has 1 N–H and O–H groups in total. The van der Waals surface area contributed by atoms with Crippen LogP contribution in [-0.2, 0) is 6.54 Å². The molecule has 0 bridgehead atoms. The SMILES string of the molecule is Cl.O=c1cc2c(=O)n(Cc3cccc(Cl)c3)c(O)cn2cc1-c1cncs1. The molecular formula is C18H13Cl2N3O3S. The van der Waals surface area contributed by atoms with Gasteiger partial charge in [-0.05, 0) is 17.7 Å². The summed E-state index contributed by atoms with van der Waals surface area (Å²) in [6.45, 7) is 0.145. The van der Waals surface area contributed by atoms with E-state index in [1.807, 2.05) is 0 Å². The fourth-order valence-corrected chi connectivity index (χ4v) is 3.62. The lowest BCUT2D eigenvalue weighted by molar-refractivity contribution is 0.411. The Labute approximate surface area is 168 Å². The van der Waals surface area contributed by atoms with E-state index in [1.54, 1.807) is 36.0 Å². The second-order valence-electron chi connectivity index (χ2n) is 5.72. The smallest absolute Gasteiger partial charge is 0.278 e. The molecule has 3 aromatic heterocycles. The second kappa shape index (κ2) is 7.56. The van der Waals surface area contributed by atoms with Crippen molar-refractivity contribution < 1.29 is 5.11 Å². The fourth-order valence-electron chi connectivity index (χ4n) is 2.77. The highest BCUT2D eigenvalue weighted by Crippen LogP contribution is 2.21. The summed E-state index contributed by atoms with van der Waals surface area (Å²) in [4.78, 5) is 29.9. The molecule has 0 radical (unpaired) electrons. The molecule has 4 aromatic rings. The lowest BCUT2D eigenvalue weighted by Crippen LogP contribution is -2.24. The fraction of sp³-hybridized carbons (Fsp3) is 0.0556. The number of aromatic hydroxyl groups is 1. The van der Waals surface area contributed by atoms with E-state index in [0.29, 0.717) is 15.5 Å². The number of hydrogen-bond donors (Lipinski definition) is 1. The number of pyridine rings is 1. The summed E-state index contributed by atoms with van der Waals surface area (Å²) in [6.07, 6.45) is 4.54. The van der Waals surface area contributed by atoms with Crippen LogP contribution < -0.4 is 11.0 Å². The maximum Gasteiger partial charge on any atom is 0.278 e. The van der Waals surface area contributed by atoms with Crippen molar-refractivity contribution in [3.63, 3.8) is 0 Å². The van der Waals surface area contributed by atoms with E-state index >= 15 is 0 Å². The van der Waals surface area contributed by atoms with Crippen molar-refractivity contribution in [1.82, 2.24) is 14.0 Å². The molecule has 0 saturated carbocycles. The Bertz CT molecular complexity index is 1230. The van der Waals surface area contributed by atoms with Crippen LogP contribution in [0.15, 0.2) is 64.0 Å². The molecule has 0 aliphatic carbocycles. The van der Waals surface area contributed by atoms with Crippen LogP contribution >= 0.6 is 35.3 Å². The quantitative estimate of drug-likeness (QED) is 0.549. The van der Waals surface area contributed by atoms with E-state index in [-0.39, 0.29) is 35.8 Å². The van der Waals surface area contributed by atoms with Gasteiger partial charge in [0, 0.05) is 23.5 Å². The monoisotopic (exact) mass is 421 g/mol. The van der Waals surface area contributed by atoms with Gasteiger partial charge in [0.1, 0.15) is 5.52 Å². The summed E-state index contributed by atoms with van der Waals surface area (Å²) >= 11 is 7.30. The molecule has 0 aliphatic heterocycles. The van der Waals surface area contributed by atoms with Crippen molar-refractivity contribution in [2.75, 3.05) is 0 Å². The first kappa shape index (κ1) is 19.2. The zero-order valence-electron chi connectivity index (χ0n) is 13.7. The highest BCUT2D eigenvalue weighted by molar-refractivity contribution is 7.13. The molecule has 0 atom stereocenters. The van der Waals surface area contributed by atoms with Gasteiger partial charge in [-0.25, -0.2) is 0 Å². The minimum atomic E-state index is -0.460. The average Bonchev–Trinajstić information content (AvgIpc) is 3.13. The lowest BCUT2D eigenvalue weighted by Gasteiger charge is -2.12. The van der Waals surface area contributed by atoms with Crippen LogP contribution in [0.4, 0.5) is 0 Å². The summed E-state index contributed by atoms with van der Waals surface area (Å²) in [7, 11) is 0. The summed E-state index contributed by atoms with van der Waals surface area (Å²) in [5.41, 5.74) is 2.27. The number of halogens is 2. The third kappa shape index (κ3) is 3.62. The van der Waals surface area contributed by atoms with Gasteiger partial charge >= 0.3 is 0 Å². The number of nitrogens with zero attached hydrogens (tertiary/aromatic N) is 3. The number of aromatic nitrogens is 3. The van der Waals surface area contributed by atoms with Crippen LogP contribution in [0.2, 0.25) is 5.02 Å². The third-order valence-corrected chi connectivity index (χ3v) is 5.04. The van der Waals surface area contributed by atoms with Crippen molar-refractivity contribution in [3.8, 4) is 16.3 Å². The van der Waals surface area contributed by atoms with Gasteiger partial charge in [-0.2, -0.15) is 0 Å². The van der Waals surface area contributed by atoms with E-state index in [9.17, 15) is 14.7 Å². The molecule has 0 spiro atoms. The topological polar surface area (TPSA) is 76.6 Å². The zero-order valence-corrected chi connectivity index (χ0v) is 16.1. The van der Waals surface area contributed by atoms with Crippen molar-refractivity contribution in [1.29, 1.82) is 0 Å². The van der Waals surface area contributed by atoms with E-state index in [2.05, 4.69) is 4.98 Å². The molecular weight excluding hydrogens is 409 g/mol. The predicted molar refractivity (Wildman–Crippen MR) is 109 cm³/mol. The molecule has 0 saturated heterocycles. The number of rotatable bonds is 3. The second-order valence-corrected chi connectivity index (χ2v) is 7.04. The molecule has 1 aromatic carbocycles. The van der Waals surface area contributed by atoms with Gasteiger partial charge in [0.15, 0.2) is 5.43 Å². The van der Waals surface area contributed by atoms with Gasteiger partial charge in [0.2, 0.25) is 5.88 Å². The molecule has 0 aliphatic rings. The Morgan fingerprint density at radius 1 is 1.19 bits per heavy atom. The van der Waals surface area contributed by atoms with Crippen LogP contribution in [0.3, 0.4) is 0 Å².